The second-order valence-electron chi connectivity index (χ2n) is 4.60. The molecule has 4 N–H and O–H groups in total. The highest BCUT2D eigenvalue weighted by atomic mass is 32.2. The van der Waals surface area contributed by atoms with Gasteiger partial charge >= 0.3 is 0 Å². The number of benzene rings is 1. The number of hydrogen-bond donors (Lipinski definition) is 2. The molecular weight excluding hydrogens is 264 g/mol. The van der Waals surface area contributed by atoms with Crippen molar-refractivity contribution in [3.05, 3.63) is 18.2 Å². The number of nitrogens with two attached hydrogens (primary N) is 2. The fraction of sp³-hybridized carbons (Fsp3) is 0.417. The first-order chi connectivity index (χ1) is 8.93. The zero-order chi connectivity index (χ0) is 14.0. The minimum Gasteiger partial charge on any atom is -0.397 e. The van der Waals surface area contributed by atoms with Crippen LogP contribution in [0.5, 0.6) is 0 Å². The normalized spacial score (nSPS) is 14.9. The SMILES string of the molecule is N#CCCN(c1ccc(S(N)(=O)=O)cc1N)C1CC1. The van der Waals surface area contributed by atoms with Crippen LogP contribution in [0, 0.1) is 11.3 Å². The summed E-state index contributed by atoms with van der Waals surface area (Å²) in [7, 11) is -3.74. The molecule has 1 aromatic rings. The summed E-state index contributed by atoms with van der Waals surface area (Å²) in [6.45, 7) is 0.597. The standard InChI is InChI=1S/C12H16N4O2S/c13-6-1-7-16(9-2-3-9)12-5-4-10(8-11(12)14)19(15,17)18/h4-5,8-9H,1-3,7,14H2,(H2,15,17,18). The van der Waals surface area contributed by atoms with Gasteiger partial charge < -0.3 is 10.6 Å². The zero-order valence-corrected chi connectivity index (χ0v) is 11.2. The highest BCUT2D eigenvalue weighted by Crippen LogP contribution is 2.35. The van der Waals surface area contributed by atoms with E-state index in [0.29, 0.717) is 24.7 Å². The Morgan fingerprint density at radius 1 is 1.42 bits per heavy atom. The van der Waals surface area contributed by atoms with Crippen LogP contribution in [-0.4, -0.2) is 21.0 Å². The molecule has 7 heteroatoms. The Morgan fingerprint density at radius 2 is 2.11 bits per heavy atom. The molecule has 1 fully saturated rings. The van der Waals surface area contributed by atoms with Gasteiger partial charge in [-0.3, -0.25) is 0 Å². The fourth-order valence-electron chi connectivity index (χ4n) is 2.03. The fourth-order valence-corrected chi connectivity index (χ4v) is 2.58. The number of sulfonamides is 1. The molecule has 0 spiro atoms. The lowest BCUT2D eigenvalue weighted by Gasteiger charge is -2.25. The summed E-state index contributed by atoms with van der Waals surface area (Å²) in [6.07, 6.45) is 2.55. The molecule has 0 heterocycles. The molecule has 0 unspecified atom stereocenters. The molecule has 0 amide bonds. The first kappa shape index (κ1) is 13.6. The Bertz CT molecular complexity index is 617. The van der Waals surface area contributed by atoms with Crippen LogP contribution in [0.3, 0.4) is 0 Å². The molecule has 1 aliphatic carbocycles. The second-order valence-corrected chi connectivity index (χ2v) is 6.16. The van der Waals surface area contributed by atoms with E-state index in [2.05, 4.69) is 11.0 Å². The van der Waals surface area contributed by atoms with E-state index in [1.807, 2.05) is 0 Å². The highest BCUT2D eigenvalue weighted by Gasteiger charge is 2.30. The number of nitrogens with zero attached hydrogens (tertiary/aromatic N) is 2. The molecule has 0 saturated heterocycles. The molecule has 6 nitrogen and oxygen atoms in total. The zero-order valence-electron chi connectivity index (χ0n) is 10.4. The van der Waals surface area contributed by atoms with Crippen LogP contribution in [0.15, 0.2) is 23.1 Å². The number of hydrogen-bond acceptors (Lipinski definition) is 5. The van der Waals surface area contributed by atoms with Gasteiger partial charge in [-0.25, -0.2) is 13.6 Å². The van der Waals surface area contributed by atoms with Crippen molar-refractivity contribution in [1.29, 1.82) is 5.26 Å². The maximum absolute atomic E-state index is 11.3. The smallest absolute Gasteiger partial charge is 0.238 e. The molecule has 102 valence electrons. The first-order valence-electron chi connectivity index (χ1n) is 5.99. The van der Waals surface area contributed by atoms with Crippen molar-refractivity contribution in [2.45, 2.75) is 30.2 Å². The van der Waals surface area contributed by atoms with Gasteiger partial charge in [-0.05, 0) is 31.0 Å². The van der Waals surface area contributed by atoms with Gasteiger partial charge in [-0.2, -0.15) is 5.26 Å². The van der Waals surface area contributed by atoms with Crippen molar-refractivity contribution in [1.82, 2.24) is 0 Å². The van der Waals surface area contributed by atoms with Crippen LogP contribution in [-0.2, 0) is 10.0 Å². The Hall–Kier alpha value is -1.78. The summed E-state index contributed by atoms with van der Waals surface area (Å²) in [4.78, 5) is 2.07. The maximum Gasteiger partial charge on any atom is 0.238 e. The number of rotatable bonds is 5. The summed E-state index contributed by atoms with van der Waals surface area (Å²) in [5, 5.41) is 13.7. The molecule has 19 heavy (non-hydrogen) atoms. The van der Waals surface area contributed by atoms with E-state index in [1.54, 1.807) is 6.07 Å². The van der Waals surface area contributed by atoms with Gasteiger partial charge in [0, 0.05) is 12.6 Å². The largest absolute Gasteiger partial charge is 0.397 e. The average molecular weight is 280 g/mol. The molecule has 0 aromatic heterocycles. The van der Waals surface area contributed by atoms with Crippen LogP contribution in [0.1, 0.15) is 19.3 Å². The molecule has 1 aliphatic rings. The van der Waals surface area contributed by atoms with Crippen molar-refractivity contribution >= 4 is 21.4 Å². The number of nitriles is 1. The highest BCUT2D eigenvalue weighted by molar-refractivity contribution is 7.89. The monoisotopic (exact) mass is 280 g/mol. The summed E-state index contributed by atoms with van der Waals surface area (Å²) >= 11 is 0. The van der Waals surface area contributed by atoms with Crippen molar-refractivity contribution in [2.75, 3.05) is 17.2 Å². The van der Waals surface area contributed by atoms with E-state index >= 15 is 0 Å². The van der Waals surface area contributed by atoms with Gasteiger partial charge in [0.2, 0.25) is 10.0 Å². The van der Waals surface area contributed by atoms with Gasteiger partial charge in [0.25, 0.3) is 0 Å². The van der Waals surface area contributed by atoms with Gasteiger partial charge in [0.1, 0.15) is 0 Å². The van der Waals surface area contributed by atoms with E-state index in [-0.39, 0.29) is 4.90 Å². The molecule has 1 aromatic carbocycles. The van der Waals surface area contributed by atoms with Gasteiger partial charge in [-0.1, -0.05) is 0 Å². The molecule has 0 bridgehead atoms. The Kier molecular flexibility index (Phi) is 3.64. The van der Waals surface area contributed by atoms with Crippen LogP contribution in [0.25, 0.3) is 0 Å². The van der Waals surface area contributed by atoms with Crippen molar-refractivity contribution in [2.24, 2.45) is 5.14 Å². The molecule has 0 aliphatic heterocycles. The molecule has 0 radical (unpaired) electrons. The summed E-state index contributed by atoms with van der Waals surface area (Å²) in [5.41, 5.74) is 7.05. The van der Waals surface area contributed by atoms with Crippen molar-refractivity contribution < 1.29 is 8.42 Å². The second kappa shape index (κ2) is 5.07. The van der Waals surface area contributed by atoms with E-state index < -0.39 is 10.0 Å². The topological polar surface area (TPSA) is 113 Å². The molecular formula is C12H16N4O2S. The van der Waals surface area contributed by atoms with Gasteiger partial charge in [-0.15, -0.1) is 0 Å². The predicted octanol–water partition coefficient (Wildman–Crippen LogP) is 0.799. The lowest BCUT2D eigenvalue weighted by atomic mass is 10.2. The number of primary sulfonamides is 1. The molecule has 0 atom stereocenters. The molecule has 1 saturated carbocycles. The van der Waals surface area contributed by atoms with E-state index in [0.717, 1.165) is 18.5 Å². The Balaban J connectivity index is 2.31. The van der Waals surface area contributed by atoms with Gasteiger partial charge in [0.15, 0.2) is 0 Å². The maximum atomic E-state index is 11.3. The lowest BCUT2D eigenvalue weighted by molar-refractivity contribution is 0.598. The predicted molar refractivity (Wildman–Crippen MR) is 72.8 cm³/mol. The van der Waals surface area contributed by atoms with Crippen molar-refractivity contribution in [3.63, 3.8) is 0 Å². The third kappa shape index (κ3) is 3.16. The van der Waals surface area contributed by atoms with Crippen LogP contribution >= 0.6 is 0 Å². The summed E-state index contributed by atoms with van der Waals surface area (Å²) in [5.74, 6) is 0. The minimum atomic E-state index is -3.74. The van der Waals surface area contributed by atoms with E-state index in [9.17, 15) is 8.42 Å². The van der Waals surface area contributed by atoms with Crippen LogP contribution in [0.4, 0.5) is 11.4 Å². The quantitative estimate of drug-likeness (QED) is 0.774. The summed E-state index contributed by atoms with van der Waals surface area (Å²) < 4.78 is 22.5. The third-order valence-corrected chi connectivity index (χ3v) is 4.00. The number of anilines is 2. The first-order valence-corrected chi connectivity index (χ1v) is 7.54. The van der Waals surface area contributed by atoms with E-state index in [1.165, 1.54) is 12.1 Å². The van der Waals surface area contributed by atoms with E-state index in [4.69, 9.17) is 16.1 Å². The summed E-state index contributed by atoms with van der Waals surface area (Å²) in [6, 6.07) is 6.98. The van der Waals surface area contributed by atoms with Crippen LogP contribution < -0.4 is 15.8 Å². The number of nitrogen functional groups attached to an aromatic ring is 1. The van der Waals surface area contributed by atoms with Crippen LogP contribution in [0.2, 0.25) is 0 Å². The Morgan fingerprint density at radius 3 is 2.58 bits per heavy atom. The minimum absolute atomic E-state index is 0.00443. The lowest BCUT2D eigenvalue weighted by Crippen LogP contribution is -2.27. The Labute approximate surface area is 112 Å². The van der Waals surface area contributed by atoms with Gasteiger partial charge in [0.05, 0.1) is 28.8 Å². The average Bonchev–Trinajstić information content (AvgIpc) is 3.14. The van der Waals surface area contributed by atoms with Crippen molar-refractivity contribution in [3.8, 4) is 6.07 Å². The third-order valence-electron chi connectivity index (χ3n) is 3.09. The molecule has 2 rings (SSSR count).